The average Bonchev–Trinajstić information content (AvgIpc) is 3.70. The quantitative estimate of drug-likeness (QED) is 0.368. The van der Waals surface area contributed by atoms with Gasteiger partial charge in [-0.25, -0.2) is 28.6 Å². The second-order valence-electron chi connectivity index (χ2n) is 16.1. The molecule has 49 heavy (non-hydrogen) atoms. The van der Waals surface area contributed by atoms with Gasteiger partial charge in [0.25, 0.3) is 5.91 Å². The van der Waals surface area contributed by atoms with E-state index >= 15 is 4.39 Å². The van der Waals surface area contributed by atoms with E-state index in [9.17, 15) is 14.4 Å². The number of anilines is 2. The van der Waals surface area contributed by atoms with Gasteiger partial charge in [0.15, 0.2) is 0 Å². The van der Waals surface area contributed by atoms with Gasteiger partial charge in [-0.2, -0.15) is 5.10 Å². The highest BCUT2D eigenvalue weighted by Crippen LogP contribution is 2.57. The van der Waals surface area contributed by atoms with Gasteiger partial charge in [0, 0.05) is 56.1 Å². The first-order valence-corrected chi connectivity index (χ1v) is 17.2. The van der Waals surface area contributed by atoms with Crippen LogP contribution in [-0.2, 0) is 15.0 Å². The molecular formula is C34H46FN9O5. The van der Waals surface area contributed by atoms with Gasteiger partial charge >= 0.3 is 12.2 Å². The first-order valence-electron chi connectivity index (χ1n) is 17.2. The summed E-state index contributed by atoms with van der Waals surface area (Å²) in [5.41, 5.74) is 0.339. The van der Waals surface area contributed by atoms with Crippen molar-refractivity contribution in [2.75, 3.05) is 31.5 Å². The van der Waals surface area contributed by atoms with Crippen LogP contribution in [0.2, 0.25) is 0 Å². The van der Waals surface area contributed by atoms with Crippen molar-refractivity contribution < 1.29 is 28.2 Å². The lowest BCUT2D eigenvalue weighted by Crippen LogP contribution is -2.68. The van der Waals surface area contributed by atoms with Crippen LogP contribution in [0.5, 0.6) is 0 Å². The molecule has 15 heteroatoms. The molecule has 0 aromatic carbocycles. The number of hydrogen-bond acceptors (Lipinski definition) is 9. The van der Waals surface area contributed by atoms with Crippen LogP contribution in [-0.4, -0.2) is 102 Å². The third-order valence-electron chi connectivity index (χ3n) is 9.94. The number of aromatic nitrogens is 5. The smallest absolute Gasteiger partial charge is 0.410 e. The summed E-state index contributed by atoms with van der Waals surface area (Å²) < 4.78 is 29.8. The van der Waals surface area contributed by atoms with Crippen LogP contribution in [0.1, 0.15) is 95.7 Å². The van der Waals surface area contributed by atoms with E-state index < -0.39 is 29.5 Å². The highest BCUT2D eigenvalue weighted by molar-refractivity contribution is 5.93. The van der Waals surface area contributed by atoms with Gasteiger partial charge < -0.3 is 29.9 Å². The molecule has 3 aromatic rings. The zero-order valence-corrected chi connectivity index (χ0v) is 29.0. The highest BCUT2D eigenvalue weighted by Gasteiger charge is 2.58. The van der Waals surface area contributed by atoms with E-state index in [1.807, 2.05) is 52.3 Å². The Kier molecular flexibility index (Phi) is 8.01. The third-order valence-corrected chi connectivity index (χ3v) is 9.94. The SMILES string of the molecule is CC(C)(C)OC(=O)N1CCN(C(=O)c2cn3c(Nc4cc([C@H]5C[C@@H](F)[C@@H](OC(=O)NC67CC(C6)C7)C5)nn4C(C)(C)C)nccc3n2)CC1. The Balaban J connectivity index is 1.04. The molecule has 14 nitrogen and oxygen atoms in total. The number of rotatable bonds is 6. The number of ether oxygens (including phenoxy) is 2. The molecule has 2 N–H and O–H groups in total. The van der Waals surface area contributed by atoms with E-state index in [0.717, 1.165) is 19.3 Å². The molecule has 0 radical (unpaired) electrons. The number of alkyl halides is 1. The molecule has 5 fully saturated rings. The number of alkyl carbamates (subject to hydrolysis) is 1. The fraction of sp³-hybridized carbons (Fsp3) is 0.647. The van der Waals surface area contributed by atoms with Crippen LogP contribution >= 0.6 is 0 Å². The molecular weight excluding hydrogens is 633 g/mol. The van der Waals surface area contributed by atoms with Crippen LogP contribution in [0.25, 0.3) is 5.65 Å². The molecule has 0 spiro atoms. The molecule has 4 saturated carbocycles. The summed E-state index contributed by atoms with van der Waals surface area (Å²) in [4.78, 5) is 50.9. The van der Waals surface area contributed by atoms with E-state index in [-0.39, 0.29) is 35.6 Å². The molecule has 4 heterocycles. The number of amides is 3. The second-order valence-corrected chi connectivity index (χ2v) is 16.1. The lowest BCUT2D eigenvalue weighted by Gasteiger charge is -2.61. The fourth-order valence-corrected chi connectivity index (χ4v) is 7.33. The average molecular weight is 680 g/mol. The normalized spacial score (nSPS) is 26.6. The van der Waals surface area contributed by atoms with E-state index in [0.29, 0.717) is 61.6 Å². The molecule has 0 unspecified atom stereocenters. The van der Waals surface area contributed by atoms with E-state index in [4.69, 9.17) is 14.6 Å². The molecule has 8 rings (SSSR count). The van der Waals surface area contributed by atoms with Crippen molar-refractivity contribution in [3.63, 3.8) is 0 Å². The number of piperazine rings is 1. The maximum absolute atomic E-state index is 15.2. The standard InChI is InChI=1S/C34H46FN9O5/c1-32(2,3)44-27(15-23(40-44)21-13-22(35)25(14-21)48-30(46)39-34-16-20(17-34)18-34)38-29-36-8-7-26-37-24(19-43(26)29)28(45)41-9-11-42(12-10-41)31(47)49-33(4,5)6/h7-8,15,19-22,25H,9-14,16-18H2,1-6H3,(H,36,38)(H,39,46)/t20?,21-,22+,25-,34?/m0/s1. The predicted octanol–water partition coefficient (Wildman–Crippen LogP) is 4.98. The Labute approximate surface area is 284 Å². The zero-order valence-electron chi connectivity index (χ0n) is 29.0. The molecule has 4 aliphatic carbocycles. The number of hydrogen-bond donors (Lipinski definition) is 2. The Bertz CT molecular complexity index is 1750. The van der Waals surface area contributed by atoms with Crippen molar-refractivity contribution in [2.45, 2.75) is 109 Å². The van der Waals surface area contributed by atoms with Crippen molar-refractivity contribution in [2.24, 2.45) is 5.92 Å². The maximum atomic E-state index is 15.2. The van der Waals surface area contributed by atoms with Crippen molar-refractivity contribution >= 4 is 35.5 Å². The number of nitrogens with one attached hydrogen (secondary N) is 2. The second kappa shape index (κ2) is 11.9. The lowest BCUT2D eigenvalue weighted by molar-refractivity contribution is -0.0530. The van der Waals surface area contributed by atoms with Crippen molar-refractivity contribution in [3.05, 3.63) is 35.9 Å². The third kappa shape index (κ3) is 6.63. The maximum Gasteiger partial charge on any atom is 0.410 e. The van der Waals surface area contributed by atoms with Gasteiger partial charge in [-0.05, 0) is 85.6 Å². The summed E-state index contributed by atoms with van der Waals surface area (Å²) in [5, 5.41) is 11.2. The number of nitrogens with zero attached hydrogens (tertiary/aromatic N) is 7. The van der Waals surface area contributed by atoms with Gasteiger partial charge in [0.05, 0.1) is 11.2 Å². The summed E-state index contributed by atoms with van der Waals surface area (Å²) >= 11 is 0. The Hall–Kier alpha value is -4.43. The van der Waals surface area contributed by atoms with Gasteiger partial charge in [0.1, 0.15) is 35.0 Å². The summed E-state index contributed by atoms with van der Waals surface area (Å²) in [5.74, 6) is 1.31. The molecule has 5 aliphatic rings. The summed E-state index contributed by atoms with van der Waals surface area (Å²) in [6.07, 6.45) is 3.75. The largest absolute Gasteiger partial charge is 0.444 e. The minimum atomic E-state index is -1.28. The summed E-state index contributed by atoms with van der Waals surface area (Å²) in [6.45, 7) is 13.0. The van der Waals surface area contributed by atoms with Crippen LogP contribution in [0.4, 0.5) is 25.7 Å². The van der Waals surface area contributed by atoms with Crippen LogP contribution in [0.3, 0.4) is 0 Å². The molecule has 3 aromatic heterocycles. The van der Waals surface area contributed by atoms with Crippen LogP contribution in [0, 0.1) is 5.92 Å². The van der Waals surface area contributed by atoms with E-state index in [2.05, 4.69) is 20.6 Å². The first-order chi connectivity index (χ1) is 23.1. The van der Waals surface area contributed by atoms with Crippen molar-refractivity contribution in [1.29, 1.82) is 0 Å². The molecule has 3 amide bonds. The van der Waals surface area contributed by atoms with Gasteiger partial charge in [-0.1, -0.05) is 0 Å². The Morgan fingerprint density at radius 2 is 1.69 bits per heavy atom. The minimum absolute atomic E-state index is 0.128. The van der Waals surface area contributed by atoms with Crippen LogP contribution < -0.4 is 10.6 Å². The van der Waals surface area contributed by atoms with Gasteiger partial charge in [0.2, 0.25) is 5.95 Å². The highest BCUT2D eigenvalue weighted by atomic mass is 19.1. The molecule has 264 valence electrons. The summed E-state index contributed by atoms with van der Waals surface area (Å²) in [7, 11) is 0. The Morgan fingerprint density at radius 3 is 2.33 bits per heavy atom. The predicted molar refractivity (Wildman–Crippen MR) is 178 cm³/mol. The van der Waals surface area contributed by atoms with E-state index in [1.165, 1.54) is 0 Å². The molecule has 1 saturated heterocycles. The molecule has 2 bridgehead atoms. The topological polar surface area (TPSA) is 148 Å². The number of halogens is 1. The first kappa shape index (κ1) is 33.1. The van der Waals surface area contributed by atoms with Crippen LogP contribution in [0.15, 0.2) is 24.5 Å². The number of fused-ring (bicyclic) bond motifs is 1. The molecule has 1 aliphatic heterocycles. The van der Waals surface area contributed by atoms with Crippen molar-refractivity contribution in [3.8, 4) is 0 Å². The van der Waals surface area contributed by atoms with Gasteiger partial charge in [-0.15, -0.1) is 0 Å². The van der Waals surface area contributed by atoms with E-state index in [1.54, 1.807) is 32.7 Å². The minimum Gasteiger partial charge on any atom is -0.444 e. The number of carbonyl (C=O) groups is 3. The van der Waals surface area contributed by atoms with Gasteiger partial charge in [-0.3, -0.25) is 9.20 Å². The van der Waals surface area contributed by atoms with Crippen molar-refractivity contribution in [1.82, 2.24) is 39.3 Å². The Morgan fingerprint density at radius 1 is 1.00 bits per heavy atom. The fourth-order valence-electron chi connectivity index (χ4n) is 7.33. The number of carbonyl (C=O) groups excluding carboxylic acids is 3. The lowest BCUT2D eigenvalue weighted by atomic mass is 9.50. The molecule has 3 atom stereocenters. The monoisotopic (exact) mass is 679 g/mol. The summed E-state index contributed by atoms with van der Waals surface area (Å²) in [6, 6.07) is 3.61. The number of imidazole rings is 1. The zero-order chi connectivity index (χ0) is 34.9.